The lowest BCUT2D eigenvalue weighted by atomic mass is 10.1. The first-order valence-corrected chi connectivity index (χ1v) is 9.14. The Morgan fingerprint density at radius 2 is 1.96 bits per heavy atom. The summed E-state index contributed by atoms with van der Waals surface area (Å²) in [5, 5.41) is 1.86. The maximum absolute atomic E-state index is 14.4. The number of carbonyl (C=O) groups is 1. The van der Waals surface area contributed by atoms with Crippen LogP contribution in [-0.2, 0) is 4.84 Å². The van der Waals surface area contributed by atoms with Crippen LogP contribution >= 0.6 is 34.2 Å². The van der Waals surface area contributed by atoms with Crippen molar-refractivity contribution < 1.29 is 22.8 Å². The molecule has 4 nitrogen and oxygen atoms in total. The summed E-state index contributed by atoms with van der Waals surface area (Å²) in [7, 11) is 0. The van der Waals surface area contributed by atoms with Crippen LogP contribution in [0.1, 0.15) is 23.2 Å². The maximum Gasteiger partial charge on any atom is 0.277 e. The van der Waals surface area contributed by atoms with E-state index >= 15 is 0 Å². The fraction of sp³-hybridized carbons (Fsp3) is 0.235. The highest BCUT2D eigenvalue weighted by molar-refractivity contribution is 14.1. The lowest BCUT2D eigenvalue weighted by Gasteiger charge is -2.15. The van der Waals surface area contributed by atoms with Gasteiger partial charge in [0.05, 0.1) is 28.6 Å². The summed E-state index contributed by atoms with van der Waals surface area (Å²) < 4.78 is 42.9. The highest BCUT2D eigenvalue weighted by Crippen LogP contribution is 2.32. The maximum atomic E-state index is 14.4. The van der Waals surface area contributed by atoms with Gasteiger partial charge in [-0.25, -0.2) is 18.7 Å². The minimum Gasteiger partial charge on any atom is -0.350 e. The average Bonchev–Trinajstić information content (AvgIpc) is 3.41. The zero-order valence-electron chi connectivity index (χ0n) is 13.2. The van der Waals surface area contributed by atoms with E-state index in [9.17, 15) is 18.0 Å². The van der Waals surface area contributed by atoms with Crippen LogP contribution in [-0.4, -0.2) is 12.5 Å². The highest BCUT2D eigenvalue weighted by Gasteiger charge is 2.25. The van der Waals surface area contributed by atoms with Gasteiger partial charge in [0.25, 0.3) is 5.91 Å². The van der Waals surface area contributed by atoms with Gasteiger partial charge in [-0.05, 0) is 65.6 Å². The van der Waals surface area contributed by atoms with E-state index in [0.29, 0.717) is 16.1 Å². The van der Waals surface area contributed by atoms with Crippen LogP contribution in [0.5, 0.6) is 0 Å². The van der Waals surface area contributed by atoms with E-state index in [1.807, 2.05) is 22.6 Å². The summed E-state index contributed by atoms with van der Waals surface area (Å²) in [5.74, 6) is -3.83. The Morgan fingerprint density at radius 3 is 2.62 bits per heavy atom. The molecule has 0 saturated heterocycles. The van der Waals surface area contributed by atoms with Gasteiger partial charge in [0.1, 0.15) is 5.82 Å². The SMILES string of the molecule is O=C(NOCC1CC1)c1cc(Cl)c(F)c(F)c1Nc1ccc(I)cc1F. The topological polar surface area (TPSA) is 50.4 Å². The van der Waals surface area contributed by atoms with Crippen LogP contribution in [0, 0.1) is 26.9 Å². The van der Waals surface area contributed by atoms with Gasteiger partial charge in [-0.2, -0.15) is 0 Å². The fourth-order valence-corrected chi connectivity index (χ4v) is 2.83. The summed E-state index contributed by atoms with van der Waals surface area (Å²) in [6.07, 6.45) is 2.04. The van der Waals surface area contributed by atoms with Gasteiger partial charge in [0.2, 0.25) is 0 Å². The molecule has 0 spiro atoms. The van der Waals surface area contributed by atoms with E-state index in [1.165, 1.54) is 12.1 Å². The fourth-order valence-electron chi connectivity index (χ4n) is 2.19. The summed E-state index contributed by atoms with van der Waals surface area (Å²) in [5.41, 5.74) is 1.23. The van der Waals surface area contributed by atoms with E-state index in [4.69, 9.17) is 16.4 Å². The van der Waals surface area contributed by atoms with Gasteiger partial charge in [-0.1, -0.05) is 11.6 Å². The molecule has 2 aromatic carbocycles. The zero-order chi connectivity index (χ0) is 18.8. The van der Waals surface area contributed by atoms with Crippen molar-refractivity contribution in [2.75, 3.05) is 11.9 Å². The third-order valence-electron chi connectivity index (χ3n) is 3.78. The number of hydrogen-bond donors (Lipinski definition) is 2. The number of rotatable bonds is 6. The molecule has 0 aromatic heterocycles. The number of amides is 1. The molecule has 0 heterocycles. The molecule has 1 aliphatic carbocycles. The van der Waals surface area contributed by atoms with Crippen molar-refractivity contribution in [2.24, 2.45) is 5.92 Å². The molecule has 0 unspecified atom stereocenters. The second-order valence-corrected chi connectivity index (χ2v) is 7.50. The van der Waals surface area contributed by atoms with Gasteiger partial charge < -0.3 is 5.32 Å². The van der Waals surface area contributed by atoms with Gasteiger partial charge >= 0.3 is 0 Å². The molecule has 0 atom stereocenters. The molecule has 1 amide bonds. The zero-order valence-corrected chi connectivity index (χ0v) is 16.1. The third-order valence-corrected chi connectivity index (χ3v) is 4.72. The molecular weight excluding hydrogens is 484 g/mol. The molecule has 1 aliphatic rings. The van der Waals surface area contributed by atoms with Crippen LogP contribution in [0.3, 0.4) is 0 Å². The number of halogens is 5. The minimum absolute atomic E-state index is 0.112. The van der Waals surface area contributed by atoms with Gasteiger partial charge in [0.15, 0.2) is 11.6 Å². The lowest BCUT2D eigenvalue weighted by Crippen LogP contribution is -2.26. The van der Waals surface area contributed by atoms with Crippen molar-refractivity contribution in [1.82, 2.24) is 5.48 Å². The number of anilines is 2. The summed E-state index contributed by atoms with van der Waals surface area (Å²) >= 11 is 7.56. The first kappa shape index (κ1) is 19.2. The second-order valence-electron chi connectivity index (χ2n) is 5.84. The Kier molecular flexibility index (Phi) is 5.93. The lowest BCUT2D eigenvalue weighted by molar-refractivity contribution is 0.0270. The number of nitrogens with one attached hydrogen (secondary N) is 2. The van der Waals surface area contributed by atoms with Crippen molar-refractivity contribution in [3.63, 3.8) is 0 Å². The predicted octanol–water partition coefficient (Wildman–Crippen LogP) is 5.18. The molecule has 1 fully saturated rings. The van der Waals surface area contributed by atoms with Crippen LogP contribution in [0.25, 0.3) is 0 Å². The van der Waals surface area contributed by atoms with Crippen LogP contribution in [0.2, 0.25) is 5.02 Å². The van der Waals surface area contributed by atoms with Crippen LogP contribution in [0.15, 0.2) is 24.3 Å². The monoisotopic (exact) mass is 496 g/mol. The van der Waals surface area contributed by atoms with E-state index in [-0.39, 0.29) is 11.3 Å². The van der Waals surface area contributed by atoms with Crippen molar-refractivity contribution in [1.29, 1.82) is 0 Å². The van der Waals surface area contributed by atoms with Gasteiger partial charge in [-0.15, -0.1) is 0 Å². The summed E-state index contributed by atoms with van der Waals surface area (Å²) in [6.45, 7) is 0.331. The van der Waals surface area contributed by atoms with Gasteiger partial charge in [-0.3, -0.25) is 9.63 Å². The Hall–Kier alpha value is -1.52. The molecular formula is C17H13ClF3IN2O2. The molecule has 2 aromatic rings. The standard InChI is InChI=1S/C17H13ClF3IN2O2/c18-11-6-10(17(25)24-26-7-8-1-2-8)16(15(21)14(11)20)23-13-4-3-9(22)5-12(13)19/h3-6,8,23H,1-2,7H2,(H,24,25). The number of hydroxylamine groups is 1. The highest BCUT2D eigenvalue weighted by atomic mass is 127. The Balaban J connectivity index is 1.90. The number of hydrogen-bond acceptors (Lipinski definition) is 3. The molecule has 0 bridgehead atoms. The summed E-state index contributed by atoms with van der Waals surface area (Å²) in [6, 6.07) is 5.11. The molecule has 0 radical (unpaired) electrons. The quantitative estimate of drug-likeness (QED) is 0.329. The first-order valence-electron chi connectivity index (χ1n) is 7.68. The van der Waals surface area contributed by atoms with Crippen molar-refractivity contribution in [3.8, 4) is 0 Å². The molecule has 138 valence electrons. The van der Waals surface area contributed by atoms with Crippen molar-refractivity contribution >= 4 is 51.5 Å². The van der Waals surface area contributed by atoms with Crippen molar-refractivity contribution in [3.05, 3.63) is 55.9 Å². The normalized spacial score (nSPS) is 13.6. The van der Waals surface area contributed by atoms with Crippen molar-refractivity contribution in [2.45, 2.75) is 12.8 Å². The molecule has 2 N–H and O–H groups in total. The third kappa shape index (κ3) is 4.41. The Morgan fingerprint density at radius 1 is 1.23 bits per heavy atom. The average molecular weight is 497 g/mol. The molecule has 9 heteroatoms. The smallest absolute Gasteiger partial charge is 0.277 e. The Bertz CT molecular complexity index is 862. The molecule has 1 saturated carbocycles. The molecule has 26 heavy (non-hydrogen) atoms. The minimum atomic E-state index is -1.39. The number of benzene rings is 2. The molecule has 0 aliphatic heterocycles. The summed E-state index contributed by atoms with van der Waals surface area (Å²) in [4.78, 5) is 17.4. The first-order chi connectivity index (χ1) is 12.4. The van der Waals surface area contributed by atoms with E-state index in [1.54, 1.807) is 6.07 Å². The largest absolute Gasteiger partial charge is 0.350 e. The number of carbonyl (C=O) groups excluding carboxylic acids is 1. The van der Waals surface area contributed by atoms with E-state index < -0.39 is 34.1 Å². The van der Waals surface area contributed by atoms with Gasteiger partial charge in [0, 0.05) is 3.57 Å². The van der Waals surface area contributed by atoms with E-state index in [0.717, 1.165) is 18.9 Å². The van der Waals surface area contributed by atoms with Crippen LogP contribution < -0.4 is 10.8 Å². The Labute approximate surface area is 166 Å². The van der Waals surface area contributed by atoms with E-state index in [2.05, 4.69) is 10.8 Å². The predicted molar refractivity (Wildman–Crippen MR) is 99.9 cm³/mol. The van der Waals surface area contributed by atoms with Crippen LogP contribution in [0.4, 0.5) is 24.5 Å². The molecule has 3 rings (SSSR count). The second kappa shape index (κ2) is 8.01.